The van der Waals surface area contributed by atoms with Crippen molar-refractivity contribution in [3.05, 3.63) is 0 Å². The molecule has 1 rings (SSSR count). The van der Waals surface area contributed by atoms with Gasteiger partial charge in [0.15, 0.2) is 5.78 Å². The van der Waals surface area contributed by atoms with Gasteiger partial charge < -0.3 is 14.8 Å². The van der Waals surface area contributed by atoms with E-state index in [9.17, 15) is 9.59 Å². The highest BCUT2D eigenvalue weighted by Gasteiger charge is 2.26. The van der Waals surface area contributed by atoms with Crippen molar-refractivity contribution in [1.29, 1.82) is 0 Å². The lowest BCUT2D eigenvalue weighted by Crippen LogP contribution is -2.47. The summed E-state index contributed by atoms with van der Waals surface area (Å²) in [6.07, 6.45) is -0.0410. The van der Waals surface area contributed by atoms with E-state index < -0.39 is 17.7 Å². The van der Waals surface area contributed by atoms with Crippen LogP contribution in [0.25, 0.3) is 0 Å². The number of ketones is 1. The molecule has 0 aromatic heterocycles. The van der Waals surface area contributed by atoms with Crippen molar-refractivity contribution in [3.63, 3.8) is 0 Å². The normalized spacial score (nSPS) is 22.3. The highest BCUT2D eigenvalue weighted by molar-refractivity contribution is 5.88. The first kappa shape index (κ1) is 12.0. The summed E-state index contributed by atoms with van der Waals surface area (Å²) in [6.45, 7) is 5.89. The Morgan fingerprint density at radius 3 is 2.73 bits per heavy atom. The summed E-state index contributed by atoms with van der Waals surface area (Å²) in [5.74, 6) is -0.105. The van der Waals surface area contributed by atoms with E-state index >= 15 is 0 Å². The van der Waals surface area contributed by atoms with Gasteiger partial charge in [0.05, 0.1) is 6.04 Å². The van der Waals surface area contributed by atoms with Gasteiger partial charge in [0.25, 0.3) is 0 Å². The van der Waals surface area contributed by atoms with Crippen LogP contribution in [0.5, 0.6) is 0 Å². The van der Waals surface area contributed by atoms with Crippen molar-refractivity contribution >= 4 is 11.9 Å². The molecule has 1 amide bonds. The van der Waals surface area contributed by atoms with Crippen LogP contribution in [0.3, 0.4) is 0 Å². The number of carbonyl (C=O) groups is 2. The van der Waals surface area contributed by atoms with Crippen molar-refractivity contribution < 1.29 is 19.1 Å². The van der Waals surface area contributed by atoms with Crippen LogP contribution in [0, 0.1) is 0 Å². The van der Waals surface area contributed by atoms with Crippen LogP contribution in [-0.4, -0.2) is 36.7 Å². The first-order valence-electron chi connectivity index (χ1n) is 4.98. The van der Waals surface area contributed by atoms with Gasteiger partial charge in [-0.3, -0.25) is 4.79 Å². The van der Waals surface area contributed by atoms with E-state index in [1.807, 2.05) is 0 Å². The fourth-order valence-electron chi connectivity index (χ4n) is 1.24. The third-order valence-corrected chi connectivity index (χ3v) is 1.87. The topological polar surface area (TPSA) is 64.6 Å². The summed E-state index contributed by atoms with van der Waals surface area (Å²) in [4.78, 5) is 22.6. The van der Waals surface area contributed by atoms with Gasteiger partial charge in [0.2, 0.25) is 0 Å². The lowest BCUT2D eigenvalue weighted by molar-refractivity contribution is -0.129. The van der Waals surface area contributed by atoms with Crippen molar-refractivity contribution in [2.75, 3.05) is 13.2 Å². The lowest BCUT2D eigenvalue weighted by atomic mass is 10.1. The Morgan fingerprint density at radius 1 is 1.53 bits per heavy atom. The smallest absolute Gasteiger partial charge is 0.408 e. The molecular formula is C10H17NO4. The summed E-state index contributed by atoms with van der Waals surface area (Å²) >= 11 is 0. The van der Waals surface area contributed by atoms with E-state index in [2.05, 4.69) is 5.32 Å². The first-order chi connectivity index (χ1) is 6.88. The molecule has 0 radical (unpaired) electrons. The van der Waals surface area contributed by atoms with Gasteiger partial charge in [-0.2, -0.15) is 0 Å². The first-order valence-corrected chi connectivity index (χ1v) is 4.98. The molecule has 15 heavy (non-hydrogen) atoms. The van der Waals surface area contributed by atoms with E-state index in [0.717, 1.165) is 0 Å². The standard InChI is InChI=1S/C10H17NO4/c1-10(2,3)15-9(13)11-7-4-5-14-6-8(7)12/h7H,4-6H2,1-3H3,(H,11,13)/t7-/m0/s1. The quantitative estimate of drug-likeness (QED) is 0.705. The molecule has 0 spiro atoms. The number of hydrogen-bond donors (Lipinski definition) is 1. The van der Waals surface area contributed by atoms with E-state index in [0.29, 0.717) is 13.0 Å². The second-order valence-electron chi connectivity index (χ2n) is 4.51. The Balaban J connectivity index is 2.40. The minimum absolute atomic E-state index is 0.0699. The minimum Gasteiger partial charge on any atom is -0.444 e. The second-order valence-corrected chi connectivity index (χ2v) is 4.51. The summed E-state index contributed by atoms with van der Waals surface area (Å²) in [6, 6.07) is -0.464. The molecule has 5 heteroatoms. The maximum absolute atomic E-state index is 11.3. The average molecular weight is 215 g/mol. The molecule has 0 bridgehead atoms. The molecule has 0 aliphatic carbocycles. The molecule has 0 unspecified atom stereocenters. The fraction of sp³-hybridized carbons (Fsp3) is 0.800. The number of Topliss-reactive ketones (excluding diaryl/α,β-unsaturated/α-hetero) is 1. The maximum Gasteiger partial charge on any atom is 0.408 e. The van der Waals surface area contributed by atoms with Crippen LogP contribution in [0.4, 0.5) is 4.79 Å². The van der Waals surface area contributed by atoms with Crippen molar-refractivity contribution in [3.8, 4) is 0 Å². The largest absolute Gasteiger partial charge is 0.444 e. The third-order valence-electron chi connectivity index (χ3n) is 1.87. The molecular weight excluding hydrogens is 198 g/mol. The number of nitrogens with one attached hydrogen (secondary N) is 1. The minimum atomic E-state index is -0.553. The van der Waals surface area contributed by atoms with Gasteiger partial charge in [-0.05, 0) is 27.2 Å². The predicted octanol–water partition coefficient (Wildman–Crippen LogP) is 0.869. The van der Waals surface area contributed by atoms with Crippen LogP contribution >= 0.6 is 0 Å². The SMILES string of the molecule is CC(C)(C)OC(=O)N[C@H]1CCOCC1=O. The Bertz CT molecular complexity index is 257. The third kappa shape index (κ3) is 4.29. The molecule has 1 aliphatic heterocycles. The van der Waals surface area contributed by atoms with Crippen molar-refractivity contribution in [2.24, 2.45) is 0 Å². The van der Waals surface area contributed by atoms with Gasteiger partial charge in [-0.15, -0.1) is 0 Å². The molecule has 0 aromatic carbocycles. The van der Waals surface area contributed by atoms with Crippen molar-refractivity contribution in [2.45, 2.75) is 38.8 Å². The van der Waals surface area contributed by atoms with E-state index in [-0.39, 0.29) is 12.4 Å². The fourth-order valence-corrected chi connectivity index (χ4v) is 1.24. The highest BCUT2D eigenvalue weighted by Crippen LogP contribution is 2.08. The molecule has 0 aromatic rings. The Labute approximate surface area is 89.1 Å². The van der Waals surface area contributed by atoms with Gasteiger partial charge in [0.1, 0.15) is 12.2 Å². The second kappa shape index (κ2) is 4.61. The Morgan fingerprint density at radius 2 is 2.20 bits per heavy atom. The average Bonchev–Trinajstić information content (AvgIpc) is 2.05. The number of alkyl carbamates (subject to hydrolysis) is 1. The van der Waals surface area contributed by atoms with Gasteiger partial charge in [0, 0.05) is 6.61 Å². The number of carbonyl (C=O) groups excluding carboxylic acids is 2. The molecule has 86 valence electrons. The Kier molecular flexibility index (Phi) is 3.68. The van der Waals surface area contributed by atoms with Crippen LogP contribution in [0.2, 0.25) is 0 Å². The van der Waals surface area contributed by atoms with Gasteiger partial charge >= 0.3 is 6.09 Å². The lowest BCUT2D eigenvalue weighted by Gasteiger charge is -2.25. The van der Waals surface area contributed by atoms with E-state index in [1.54, 1.807) is 20.8 Å². The monoisotopic (exact) mass is 215 g/mol. The van der Waals surface area contributed by atoms with Crippen molar-refractivity contribution in [1.82, 2.24) is 5.32 Å². The van der Waals surface area contributed by atoms with Crippen LogP contribution in [0.15, 0.2) is 0 Å². The molecule has 1 saturated heterocycles. The number of rotatable bonds is 1. The molecule has 1 fully saturated rings. The molecule has 1 N–H and O–H groups in total. The number of hydrogen-bond acceptors (Lipinski definition) is 4. The summed E-state index contributed by atoms with van der Waals surface area (Å²) < 4.78 is 10.00. The Hall–Kier alpha value is -1.10. The molecule has 1 atom stereocenters. The van der Waals surface area contributed by atoms with E-state index in [1.165, 1.54) is 0 Å². The highest BCUT2D eigenvalue weighted by atomic mass is 16.6. The van der Waals surface area contributed by atoms with Crippen LogP contribution < -0.4 is 5.32 Å². The maximum atomic E-state index is 11.3. The summed E-state index contributed by atoms with van der Waals surface area (Å²) in [5, 5.41) is 2.53. The van der Waals surface area contributed by atoms with Gasteiger partial charge in [-0.1, -0.05) is 0 Å². The molecule has 0 saturated carbocycles. The zero-order valence-corrected chi connectivity index (χ0v) is 9.33. The summed E-state index contributed by atoms with van der Waals surface area (Å²) in [7, 11) is 0. The molecule has 1 aliphatic rings. The number of ether oxygens (including phenoxy) is 2. The van der Waals surface area contributed by atoms with Crippen LogP contribution in [0.1, 0.15) is 27.2 Å². The van der Waals surface area contributed by atoms with Crippen LogP contribution in [-0.2, 0) is 14.3 Å². The molecule has 5 nitrogen and oxygen atoms in total. The van der Waals surface area contributed by atoms with E-state index in [4.69, 9.17) is 9.47 Å². The molecule has 1 heterocycles. The number of amides is 1. The van der Waals surface area contributed by atoms with Gasteiger partial charge in [-0.25, -0.2) is 4.79 Å². The zero-order chi connectivity index (χ0) is 11.5. The zero-order valence-electron chi connectivity index (χ0n) is 9.33. The summed E-state index contributed by atoms with van der Waals surface area (Å²) in [5.41, 5.74) is -0.543. The predicted molar refractivity (Wildman–Crippen MR) is 53.6 cm³/mol.